The highest BCUT2D eigenvalue weighted by Crippen LogP contribution is 2.27. The maximum absolute atomic E-state index is 13.4. The number of benzene rings is 1. The molecule has 1 fully saturated rings. The number of methoxy groups -OCH3 is 1. The van der Waals surface area contributed by atoms with Gasteiger partial charge in [-0.3, -0.25) is 4.90 Å². The molecular formula is C17H27FN2O. The van der Waals surface area contributed by atoms with Gasteiger partial charge in [0, 0.05) is 25.7 Å². The lowest BCUT2D eigenvalue weighted by Crippen LogP contribution is -2.56. The van der Waals surface area contributed by atoms with Crippen molar-refractivity contribution < 1.29 is 9.13 Å². The van der Waals surface area contributed by atoms with Gasteiger partial charge in [-0.1, -0.05) is 12.1 Å². The van der Waals surface area contributed by atoms with Gasteiger partial charge in [-0.2, -0.15) is 0 Å². The van der Waals surface area contributed by atoms with Crippen LogP contribution < -0.4 is 5.73 Å². The van der Waals surface area contributed by atoms with Gasteiger partial charge in [0.15, 0.2) is 0 Å². The molecular weight excluding hydrogens is 267 g/mol. The van der Waals surface area contributed by atoms with Gasteiger partial charge >= 0.3 is 0 Å². The van der Waals surface area contributed by atoms with Crippen LogP contribution in [0.5, 0.6) is 0 Å². The van der Waals surface area contributed by atoms with Crippen LogP contribution in [0.4, 0.5) is 4.39 Å². The molecule has 2 rings (SSSR count). The number of rotatable bonds is 6. The minimum atomic E-state index is -0.178. The van der Waals surface area contributed by atoms with E-state index in [1.165, 1.54) is 18.9 Å². The topological polar surface area (TPSA) is 38.5 Å². The molecule has 1 aliphatic rings. The normalized spacial score (nSPS) is 23.0. The van der Waals surface area contributed by atoms with Crippen LogP contribution in [0.2, 0.25) is 0 Å². The molecule has 2 N–H and O–H groups in total. The molecule has 1 aliphatic heterocycles. The number of nitrogens with zero attached hydrogens (tertiary/aromatic N) is 1. The summed E-state index contributed by atoms with van der Waals surface area (Å²) in [4.78, 5) is 2.46. The van der Waals surface area contributed by atoms with Crippen LogP contribution in [-0.4, -0.2) is 43.8 Å². The van der Waals surface area contributed by atoms with Crippen molar-refractivity contribution in [3.8, 4) is 0 Å². The molecule has 1 heterocycles. The molecule has 3 nitrogen and oxygen atoms in total. The van der Waals surface area contributed by atoms with E-state index in [1.807, 2.05) is 6.07 Å². The highest BCUT2D eigenvalue weighted by Gasteiger charge is 2.34. The van der Waals surface area contributed by atoms with Crippen molar-refractivity contribution in [1.82, 2.24) is 4.90 Å². The summed E-state index contributed by atoms with van der Waals surface area (Å²) in [5.74, 6) is 0.393. The van der Waals surface area contributed by atoms with Crippen LogP contribution >= 0.6 is 0 Å². The summed E-state index contributed by atoms with van der Waals surface area (Å²) in [5.41, 5.74) is 6.96. The Bertz CT molecular complexity index is 452. The van der Waals surface area contributed by atoms with Gasteiger partial charge in [0.1, 0.15) is 5.82 Å². The van der Waals surface area contributed by atoms with Gasteiger partial charge in [-0.15, -0.1) is 0 Å². The molecule has 1 aromatic rings. The molecule has 0 spiro atoms. The number of likely N-dealkylation sites (tertiary alicyclic amines) is 1. The van der Waals surface area contributed by atoms with E-state index in [9.17, 15) is 4.39 Å². The molecule has 0 aliphatic carbocycles. The van der Waals surface area contributed by atoms with Crippen molar-refractivity contribution >= 4 is 0 Å². The van der Waals surface area contributed by atoms with E-state index >= 15 is 0 Å². The summed E-state index contributed by atoms with van der Waals surface area (Å²) in [5, 5.41) is 0. The Hall–Kier alpha value is -0.970. The molecule has 118 valence electrons. The van der Waals surface area contributed by atoms with E-state index in [4.69, 9.17) is 10.5 Å². The van der Waals surface area contributed by atoms with E-state index in [2.05, 4.69) is 11.8 Å². The average molecular weight is 294 g/mol. The maximum Gasteiger partial charge on any atom is 0.123 e. The molecule has 21 heavy (non-hydrogen) atoms. The van der Waals surface area contributed by atoms with E-state index in [1.54, 1.807) is 19.2 Å². The minimum Gasteiger partial charge on any atom is -0.384 e. The Labute approximate surface area is 127 Å². The fourth-order valence-electron chi connectivity index (χ4n) is 3.33. The molecule has 4 heteroatoms. The summed E-state index contributed by atoms with van der Waals surface area (Å²) < 4.78 is 18.7. The van der Waals surface area contributed by atoms with Crippen molar-refractivity contribution in [2.75, 3.05) is 33.4 Å². The monoisotopic (exact) mass is 294 g/mol. The van der Waals surface area contributed by atoms with Crippen LogP contribution in [0, 0.1) is 11.7 Å². The van der Waals surface area contributed by atoms with E-state index < -0.39 is 0 Å². The molecule has 1 aromatic carbocycles. The molecule has 0 saturated carbocycles. The van der Waals surface area contributed by atoms with Crippen LogP contribution in [0.1, 0.15) is 25.3 Å². The number of hydrogen-bond donors (Lipinski definition) is 1. The summed E-state index contributed by atoms with van der Waals surface area (Å²) in [7, 11) is 1.76. The first-order valence-corrected chi connectivity index (χ1v) is 7.76. The van der Waals surface area contributed by atoms with Crippen molar-refractivity contribution in [2.45, 2.75) is 31.7 Å². The second-order valence-corrected chi connectivity index (χ2v) is 6.42. The Morgan fingerprint density at radius 2 is 2.29 bits per heavy atom. The quantitative estimate of drug-likeness (QED) is 0.876. The number of ether oxygens (including phenoxy) is 1. The van der Waals surface area contributed by atoms with Crippen molar-refractivity contribution in [1.29, 1.82) is 0 Å². The van der Waals surface area contributed by atoms with Crippen LogP contribution in [-0.2, 0) is 11.2 Å². The predicted octanol–water partition coefficient (Wildman–Crippen LogP) is 2.44. The van der Waals surface area contributed by atoms with Gasteiger partial charge in [-0.25, -0.2) is 4.39 Å². The summed E-state index contributed by atoms with van der Waals surface area (Å²) in [6.45, 7) is 5.63. The molecule has 1 saturated heterocycles. The van der Waals surface area contributed by atoms with Gasteiger partial charge in [0.25, 0.3) is 0 Å². The van der Waals surface area contributed by atoms with Gasteiger partial charge in [0.2, 0.25) is 0 Å². The zero-order valence-corrected chi connectivity index (χ0v) is 13.1. The van der Waals surface area contributed by atoms with Crippen molar-refractivity contribution in [2.24, 2.45) is 11.7 Å². The Balaban J connectivity index is 2.08. The Kier molecular flexibility index (Phi) is 5.73. The fourth-order valence-corrected chi connectivity index (χ4v) is 3.33. The second kappa shape index (κ2) is 7.34. The number of nitrogens with two attached hydrogens (primary N) is 1. The number of halogens is 1. The zero-order chi connectivity index (χ0) is 15.3. The lowest BCUT2D eigenvalue weighted by atomic mass is 9.87. The molecule has 2 atom stereocenters. The molecule has 0 aromatic heterocycles. The fraction of sp³-hybridized carbons (Fsp3) is 0.647. The van der Waals surface area contributed by atoms with Crippen molar-refractivity contribution in [3.05, 3.63) is 35.6 Å². The first-order chi connectivity index (χ1) is 10.1. The Morgan fingerprint density at radius 3 is 2.95 bits per heavy atom. The number of piperidine rings is 1. The SMILES string of the molecule is COCC1CCCN(C(C)(CN)Cc2cccc(F)c2)C1. The molecule has 0 bridgehead atoms. The predicted molar refractivity (Wildman–Crippen MR) is 83.7 cm³/mol. The van der Waals surface area contributed by atoms with Gasteiger partial charge in [0.05, 0.1) is 6.61 Å². The van der Waals surface area contributed by atoms with Crippen molar-refractivity contribution in [3.63, 3.8) is 0 Å². The smallest absolute Gasteiger partial charge is 0.123 e. The minimum absolute atomic E-state index is 0.125. The first kappa shape index (κ1) is 16.4. The molecule has 0 amide bonds. The highest BCUT2D eigenvalue weighted by atomic mass is 19.1. The zero-order valence-electron chi connectivity index (χ0n) is 13.1. The standard InChI is InChI=1S/C17H27FN2O/c1-17(13-19,10-14-5-3-7-16(18)9-14)20-8-4-6-15(11-20)12-21-2/h3,5,7,9,15H,4,6,8,10-13,19H2,1-2H3. The average Bonchev–Trinajstić information content (AvgIpc) is 2.48. The van der Waals surface area contributed by atoms with E-state index in [0.29, 0.717) is 12.5 Å². The maximum atomic E-state index is 13.4. The largest absolute Gasteiger partial charge is 0.384 e. The molecule has 0 radical (unpaired) electrons. The van der Waals surface area contributed by atoms with Crippen LogP contribution in [0.15, 0.2) is 24.3 Å². The summed E-state index contributed by atoms with van der Waals surface area (Å²) in [6, 6.07) is 6.85. The third kappa shape index (κ3) is 4.25. The Morgan fingerprint density at radius 1 is 1.48 bits per heavy atom. The highest BCUT2D eigenvalue weighted by molar-refractivity contribution is 5.19. The lowest BCUT2D eigenvalue weighted by molar-refractivity contribution is 0.0308. The first-order valence-electron chi connectivity index (χ1n) is 7.76. The second-order valence-electron chi connectivity index (χ2n) is 6.42. The summed E-state index contributed by atoms with van der Waals surface area (Å²) >= 11 is 0. The molecule has 2 unspecified atom stereocenters. The lowest BCUT2D eigenvalue weighted by Gasteiger charge is -2.45. The van der Waals surface area contributed by atoms with E-state index in [0.717, 1.165) is 31.7 Å². The van der Waals surface area contributed by atoms with Crippen LogP contribution in [0.25, 0.3) is 0 Å². The summed E-state index contributed by atoms with van der Waals surface area (Å²) in [6.07, 6.45) is 3.17. The van der Waals surface area contributed by atoms with Gasteiger partial charge in [-0.05, 0) is 56.3 Å². The van der Waals surface area contributed by atoms with Gasteiger partial charge < -0.3 is 10.5 Å². The van der Waals surface area contributed by atoms with Crippen LogP contribution in [0.3, 0.4) is 0 Å². The third-order valence-electron chi connectivity index (χ3n) is 4.60. The number of hydrogen-bond acceptors (Lipinski definition) is 3. The van der Waals surface area contributed by atoms with E-state index in [-0.39, 0.29) is 11.4 Å². The third-order valence-corrected chi connectivity index (χ3v) is 4.60.